The Morgan fingerprint density at radius 3 is 2.73 bits per heavy atom. The molecule has 3 nitrogen and oxygen atoms in total. The number of rotatable bonds is 1. The lowest BCUT2D eigenvalue weighted by molar-refractivity contribution is 0.314. The number of nitrogens with one attached hydrogen (secondary N) is 1. The Balaban J connectivity index is 0.000000605. The smallest absolute Gasteiger partial charge is 0.149 e. The van der Waals surface area contributed by atoms with Crippen LogP contribution in [0.3, 0.4) is 0 Å². The van der Waals surface area contributed by atoms with Crippen LogP contribution in [-0.2, 0) is 0 Å². The molecule has 1 aromatic rings. The summed E-state index contributed by atoms with van der Waals surface area (Å²) >= 11 is 3.23. The number of hydrogen-bond donors (Lipinski definition) is 1. The van der Waals surface area contributed by atoms with E-state index in [9.17, 15) is 0 Å². The highest BCUT2D eigenvalue weighted by Gasteiger charge is 2.22. The molecule has 0 aliphatic carbocycles. The molecule has 2 rings (SSSR count). The van der Waals surface area contributed by atoms with Gasteiger partial charge in [0, 0.05) is 25.1 Å². The molecule has 0 unspecified atom stereocenters. The minimum Gasteiger partial charge on any atom is -0.360 e. The molecule has 0 atom stereocenters. The first-order chi connectivity index (χ1) is 4.86. The van der Waals surface area contributed by atoms with E-state index in [1.54, 1.807) is 0 Å². The van der Waals surface area contributed by atoms with Crippen molar-refractivity contribution in [2.75, 3.05) is 13.1 Å². The zero-order chi connectivity index (χ0) is 6.97. The zero-order valence-corrected chi connectivity index (χ0v) is 8.11. The molecule has 1 N–H and O–H groups in total. The first-order valence-electron chi connectivity index (χ1n) is 3.19. The lowest BCUT2D eigenvalue weighted by Gasteiger charge is -2.23. The Morgan fingerprint density at radius 2 is 2.36 bits per heavy atom. The fourth-order valence-corrected chi connectivity index (χ4v) is 1.25. The molecule has 62 valence electrons. The standard InChI is InChI=1S/C6H7BrN2O.ClH/c7-6-1-5(10-9-6)4-2-8-3-4;/h1,4,8H,2-3H2;1H. The predicted octanol–water partition coefficient (Wildman–Crippen LogP) is 1.55. The number of aromatic nitrogens is 1. The first-order valence-corrected chi connectivity index (χ1v) is 3.98. The van der Waals surface area contributed by atoms with Crippen molar-refractivity contribution in [2.24, 2.45) is 0 Å². The maximum Gasteiger partial charge on any atom is 0.149 e. The van der Waals surface area contributed by atoms with Crippen LogP contribution in [0.1, 0.15) is 11.7 Å². The van der Waals surface area contributed by atoms with Gasteiger partial charge in [0.2, 0.25) is 0 Å². The summed E-state index contributed by atoms with van der Waals surface area (Å²) in [5.41, 5.74) is 0. The van der Waals surface area contributed by atoms with Gasteiger partial charge in [0.15, 0.2) is 0 Å². The monoisotopic (exact) mass is 238 g/mol. The number of hydrogen-bond acceptors (Lipinski definition) is 3. The van der Waals surface area contributed by atoms with Crippen LogP contribution in [0, 0.1) is 0 Å². The molecule has 1 saturated heterocycles. The molecule has 11 heavy (non-hydrogen) atoms. The first kappa shape index (κ1) is 9.03. The summed E-state index contributed by atoms with van der Waals surface area (Å²) in [6.45, 7) is 2.03. The van der Waals surface area contributed by atoms with Crippen molar-refractivity contribution in [1.82, 2.24) is 10.5 Å². The Morgan fingerprint density at radius 1 is 1.64 bits per heavy atom. The summed E-state index contributed by atoms with van der Waals surface area (Å²) in [4.78, 5) is 0. The van der Waals surface area contributed by atoms with Gasteiger partial charge in [-0.2, -0.15) is 0 Å². The van der Waals surface area contributed by atoms with E-state index < -0.39 is 0 Å². The van der Waals surface area contributed by atoms with Crippen molar-refractivity contribution in [3.8, 4) is 0 Å². The molecule has 0 amide bonds. The van der Waals surface area contributed by atoms with Crippen molar-refractivity contribution >= 4 is 28.3 Å². The molecule has 2 heterocycles. The van der Waals surface area contributed by atoms with Gasteiger partial charge < -0.3 is 9.84 Å². The number of halogens is 2. The Kier molecular flexibility index (Phi) is 2.92. The lowest BCUT2D eigenvalue weighted by atomic mass is 10.0. The van der Waals surface area contributed by atoms with E-state index in [2.05, 4.69) is 26.4 Å². The normalized spacial score (nSPS) is 17.2. The molecule has 0 radical (unpaired) electrons. The molecular weight excluding hydrogens is 231 g/mol. The predicted molar refractivity (Wildman–Crippen MR) is 47.1 cm³/mol. The van der Waals surface area contributed by atoms with Crippen LogP contribution in [-0.4, -0.2) is 18.2 Å². The second-order valence-corrected chi connectivity index (χ2v) is 3.22. The molecule has 0 bridgehead atoms. The minimum atomic E-state index is 0. The van der Waals surface area contributed by atoms with E-state index in [0.29, 0.717) is 5.92 Å². The van der Waals surface area contributed by atoms with Gasteiger partial charge >= 0.3 is 0 Å². The third kappa shape index (κ3) is 1.75. The SMILES string of the molecule is Brc1cc(C2CNC2)on1.Cl. The summed E-state index contributed by atoms with van der Waals surface area (Å²) in [6, 6.07) is 1.92. The molecule has 0 aromatic carbocycles. The minimum absolute atomic E-state index is 0. The summed E-state index contributed by atoms with van der Waals surface area (Å²) in [7, 11) is 0. The average molecular weight is 240 g/mol. The molecule has 0 saturated carbocycles. The van der Waals surface area contributed by atoms with E-state index in [1.165, 1.54) is 0 Å². The van der Waals surface area contributed by atoms with Crippen LogP contribution in [0.4, 0.5) is 0 Å². The maximum absolute atomic E-state index is 5.03. The third-order valence-corrected chi connectivity index (χ3v) is 2.06. The van der Waals surface area contributed by atoms with Gasteiger partial charge in [0.05, 0.1) is 0 Å². The van der Waals surface area contributed by atoms with Crippen molar-refractivity contribution in [3.63, 3.8) is 0 Å². The average Bonchev–Trinajstić information content (AvgIpc) is 2.10. The molecule has 1 aromatic heterocycles. The molecular formula is C6H8BrClN2O. The van der Waals surface area contributed by atoms with Crippen molar-refractivity contribution in [1.29, 1.82) is 0 Å². The van der Waals surface area contributed by atoms with E-state index in [1.807, 2.05) is 6.07 Å². The van der Waals surface area contributed by atoms with Crippen LogP contribution in [0.25, 0.3) is 0 Å². The van der Waals surface area contributed by atoms with Gasteiger partial charge in [-0.25, -0.2) is 0 Å². The van der Waals surface area contributed by atoms with Gasteiger partial charge in [0.1, 0.15) is 10.4 Å². The van der Waals surface area contributed by atoms with Crippen LogP contribution < -0.4 is 5.32 Å². The highest BCUT2D eigenvalue weighted by molar-refractivity contribution is 9.10. The van der Waals surface area contributed by atoms with E-state index >= 15 is 0 Å². The summed E-state index contributed by atoms with van der Waals surface area (Å²) in [5, 5.41) is 6.90. The fourth-order valence-electron chi connectivity index (χ4n) is 0.949. The largest absolute Gasteiger partial charge is 0.360 e. The second-order valence-electron chi connectivity index (χ2n) is 2.41. The van der Waals surface area contributed by atoms with E-state index in [0.717, 1.165) is 23.5 Å². The molecule has 0 spiro atoms. The van der Waals surface area contributed by atoms with E-state index in [4.69, 9.17) is 4.52 Å². The van der Waals surface area contributed by atoms with Gasteiger partial charge in [-0.05, 0) is 15.9 Å². The van der Waals surface area contributed by atoms with Crippen LogP contribution >= 0.6 is 28.3 Å². The Hall–Kier alpha value is -0.0600. The van der Waals surface area contributed by atoms with Gasteiger partial charge in [-0.3, -0.25) is 0 Å². The second kappa shape index (κ2) is 3.56. The summed E-state index contributed by atoms with van der Waals surface area (Å²) in [6.07, 6.45) is 0. The molecule has 1 aliphatic rings. The molecule has 1 aliphatic heterocycles. The van der Waals surface area contributed by atoms with E-state index in [-0.39, 0.29) is 12.4 Å². The molecule has 5 heteroatoms. The summed E-state index contributed by atoms with van der Waals surface area (Å²) in [5.74, 6) is 1.52. The topological polar surface area (TPSA) is 38.1 Å². The zero-order valence-electron chi connectivity index (χ0n) is 5.71. The van der Waals surface area contributed by atoms with Crippen molar-refractivity contribution in [3.05, 3.63) is 16.4 Å². The van der Waals surface area contributed by atoms with Gasteiger partial charge in [0.25, 0.3) is 0 Å². The quantitative estimate of drug-likeness (QED) is 0.808. The van der Waals surface area contributed by atoms with Crippen molar-refractivity contribution < 1.29 is 4.52 Å². The molecule has 1 fully saturated rings. The maximum atomic E-state index is 5.03. The summed E-state index contributed by atoms with van der Waals surface area (Å²) < 4.78 is 5.82. The number of nitrogens with zero attached hydrogens (tertiary/aromatic N) is 1. The van der Waals surface area contributed by atoms with Gasteiger partial charge in [-0.1, -0.05) is 5.16 Å². The third-order valence-electron chi connectivity index (χ3n) is 1.68. The lowest BCUT2D eigenvalue weighted by Crippen LogP contribution is -2.39. The van der Waals surface area contributed by atoms with Crippen LogP contribution in [0.5, 0.6) is 0 Å². The van der Waals surface area contributed by atoms with Crippen molar-refractivity contribution in [2.45, 2.75) is 5.92 Å². The Labute approximate surface area is 79.1 Å². The van der Waals surface area contributed by atoms with Crippen LogP contribution in [0.2, 0.25) is 0 Å². The fraction of sp³-hybridized carbons (Fsp3) is 0.500. The van der Waals surface area contributed by atoms with Crippen LogP contribution in [0.15, 0.2) is 15.2 Å². The highest BCUT2D eigenvalue weighted by atomic mass is 79.9. The highest BCUT2D eigenvalue weighted by Crippen LogP contribution is 2.22. The Bertz CT molecular complexity index is 236. The van der Waals surface area contributed by atoms with Gasteiger partial charge in [-0.15, -0.1) is 12.4 Å².